The van der Waals surface area contributed by atoms with E-state index in [-0.39, 0.29) is 10.6 Å². The molecule has 0 fully saturated rings. The van der Waals surface area contributed by atoms with Crippen molar-refractivity contribution in [1.29, 1.82) is 0 Å². The third-order valence-corrected chi connectivity index (χ3v) is 3.65. The zero-order valence-corrected chi connectivity index (χ0v) is 9.49. The molecule has 0 aliphatic carbocycles. The summed E-state index contributed by atoms with van der Waals surface area (Å²) in [5.74, 6) is 0. The Morgan fingerprint density at radius 3 is 2.53 bits per heavy atom. The minimum atomic E-state index is -4.65. The van der Waals surface area contributed by atoms with Crippen molar-refractivity contribution in [2.75, 3.05) is 5.32 Å². The molecule has 1 aromatic carbocycles. The Morgan fingerprint density at radius 2 is 1.94 bits per heavy atom. The summed E-state index contributed by atoms with van der Waals surface area (Å²) in [6.45, 7) is 0. The monoisotopic (exact) mass is 284 g/mol. The summed E-state index contributed by atoms with van der Waals surface area (Å²) < 4.78 is 63.5. The van der Waals surface area contributed by atoms with Gasteiger partial charge in [-0.05, 0) is 12.1 Å². The predicted octanol–water partition coefficient (Wildman–Crippen LogP) is 2.50. The number of fused-ring (bicyclic) bond motifs is 1. The molecule has 0 radical (unpaired) electrons. The van der Waals surface area contributed by atoms with E-state index >= 15 is 0 Å². The predicted molar refractivity (Wildman–Crippen MR) is 55.8 cm³/mol. The molecule has 4 nitrogen and oxygen atoms in total. The van der Waals surface area contributed by atoms with Crippen molar-refractivity contribution in [3.8, 4) is 0 Å². The highest BCUT2D eigenvalue weighted by Crippen LogP contribution is 2.39. The molecule has 1 aliphatic rings. The highest BCUT2D eigenvalue weighted by Gasteiger charge is 2.35. The van der Waals surface area contributed by atoms with Crippen LogP contribution in [0.25, 0.3) is 0 Å². The number of nitrogens with zero attached hydrogens (tertiary/aromatic N) is 1. The molecule has 0 amide bonds. The van der Waals surface area contributed by atoms with Crippen molar-refractivity contribution < 1.29 is 21.6 Å². The number of nitrogens with one attached hydrogen (secondary N) is 1. The number of alkyl halides is 3. The number of hydrogen-bond donors (Lipinski definition) is 1. The zero-order valence-electron chi connectivity index (χ0n) is 7.92. The van der Waals surface area contributed by atoms with Crippen molar-refractivity contribution in [3.05, 3.63) is 22.7 Å². The lowest BCUT2D eigenvalue weighted by Crippen LogP contribution is -2.14. The van der Waals surface area contributed by atoms with E-state index in [4.69, 9.17) is 11.6 Å². The summed E-state index contributed by atoms with van der Waals surface area (Å²) in [7, 11) is -3.97. The topological polar surface area (TPSA) is 58.5 Å². The van der Waals surface area contributed by atoms with Gasteiger partial charge in [-0.3, -0.25) is 0 Å². The van der Waals surface area contributed by atoms with Crippen LogP contribution in [0.4, 0.5) is 18.9 Å². The number of benzene rings is 1. The van der Waals surface area contributed by atoms with Crippen LogP contribution in [0.5, 0.6) is 0 Å². The highest BCUT2D eigenvalue weighted by atomic mass is 35.5. The van der Waals surface area contributed by atoms with Gasteiger partial charge in [-0.25, -0.2) is 0 Å². The fourth-order valence-electron chi connectivity index (χ4n) is 1.32. The molecular formula is C8H4ClF3N2O2S. The summed E-state index contributed by atoms with van der Waals surface area (Å²) in [6.07, 6.45) is -3.84. The summed E-state index contributed by atoms with van der Waals surface area (Å²) >= 11 is 5.41. The van der Waals surface area contributed by atoms with Crippen molar-refractivity contribution in [1.82, 2.24) is 0 Å². The Balaban J connectivity index is 2.70. The van der Waals surface area contributed by atoms with Crippen LogP contribution in [0.3, 0.4) is 0 Å². The molecule has 0 bridgehead atoms. The lowest BCUT2D eigenvalue weighted by molar-refractivity contribution is -0.137. The maximum Gasteiger partial charge on any atom is 0.417 e. The molecule has 0 unspecified atom stereocenters. The molecule has 0 saturated heterocycles. The lowest BCUT2D eigenvalue weighted by atomic mass is 10.2. The van der Waals surface area contributed by atoms with Crippen molar-refractivity contribution in [2.45, 2.75) is 11.1 Å². The van der Waals surface area contributed by atoms with Crippen molar-refractivity contribution >= 4 is 33.7 Å². The van der Waals surface area contributed by atoms with Crippen LogP contribution in [0.15, 0.2) is 21.4 Å². The molecular weight excluding hydrogens is 281 g/mol. The maximum absolute atomic E-state index is 12.5. The standard InChI is InChI=1S/C8H4ClF3N2O2S/c9-5-2-7-6(1-4(5)8(10,11)12)13-3-14-17(7,15)16/h1-3H,(H,13,14). The molecule has 0 aromatic heterocycles. The Bertz CT molecular complexity index is 610. The molecule has 1 heterocycles. The number of rotatable bonds is 0. The van der Waals surface area contributed by atoms with Gasteiger partial charge in [0.25, 0.3) is 10.0 Å². The Labute approximate surface area is 99.2 Å². The molecule has 2 rings (SSSR count). The largest absolute Gasteiger partial charge is 0.417 e. The van der Waals surface area contributed by atoms with Gasteiger partial charge in [0.15, 0.2) is 0 Å². The first kappa shape index (κ1) is 12.2. The second-order valence-corrected chi connectivity index (χ2v) is 5.19. The zero-order chi connectivity index (χ0) is 12.8. The van der Waals surface area contributed by atoms with E-state index in [1.165, 1.54) is 0 Å². The van der Waals surface area contributed by atoms with Crippen LogP contribution >= 0.6 is 11.6 Å². The number of sulfonamides is 1. The fraction of sp³-hybridized carbons (Fsp3) is 0.125. The van der Waals surface area contributed by atoms with E-state index in [9.17, 15) is 21.6 Å². The summed E-state index contributed by atoms with van der Waals surface area (Å²) in [5.41, 5.74) is -1.30. The van der Waals surface area contributed by atoms with Crippen LogP contribution in [-0.4, -0.2) is 14.8 Å². The molecule has 0 atom stereocenters. The van der Waals surface area contributed by atoms with E-state index in [1.54, 1.807) is 0 Å². The van der Waals surface area contributed by atoms with E-state index in [2.05, 4.69) is 9.71 Å². The molecule has 92 valence electrons. The summed E-state index contributed by atoms with van der Waals surface area (Å²) in [4.78, 5) is -0.377. The van der Waals surface area contributed by atoms with E-state index < -0.39 is 26.8 Å². The minimum absolute atomic E-state index is 0.197. The average molecular weight is 285 g/mol. The SMILES string of the molecule is O=S1(=O)N=CNc2cc(C(F)(F)F)c(Cl)cc21. The van der Waals surface area contributed by atoms with Gasteiger partial charge in [0.05, 0.1) is 16.3 Å². The molecule has 0 spiro atoms. The van der Waals surface area contributed by atoms with Crippen molar-refractivity contribution in [3.63, 3.8) is 0 Å². The first-order valence-corrected chi connectivity index (χ1v) is 6.00. The molecule has 1 aromatic rings. The molecule has 17 heavy (non-hydrogen) atoms. The van der Waals surface area contributed by atoms with Gasteiger partial charge in [-0.1, -0.05) is 11.6 Å². The van der Waals surface area contributed by atoms with E-state index in [1.807, 2.05) is 0 Å². The number of anilines is 1. The summed E-state index contributed by atoms with van der Waals surface area (Å²) in [6, 6.07) is 1.37. The van der Waals surface area contributed by atoms with E-state index in [0.29, 0.717) is 6.07 Å². The second kappa shape index (κ2) is 3.61. The highest BCUT2D eigenvalue weighted by molar-refractivity contribution is 7.90. The average Bonchev–Trinajstić information content (AvgIpc) is 2.16. The fourth-order valence-corrected chi connectivity index (χ4v) is 2.62. The Morgan fingerprint density at radius 1 is 1.29 bits per heavy atom. The van der Waals surface area contributed by atoms with Crippen molar-refractivity contribution in [2.24, 2.45) is 4.40 Å². The maximum atomic E-state index is 12.5. The number of halogens is 4. The van der Waals surface area contributed by atoms with Crippen LogP contribution in [0, 0.1) is 0 Å². The molecule has 1 N–H and O–H groups in total. The van der Waals surface area contributed by atoms with E-state index in [0.717, 1.165) is 12.4 Å². The molecule has 9 heteroatoms. The normalized spacial score (nSPS) is 17.4. The third-order valence-electron chi connectivity index (χ3n) is 2.06. The molecule has 1 aliphatic heterocycles. The van der Waals surface area contributed by atoms with Gasteiger partial charge in [0.2, 0.25) is 0 Å². The van der Waals surface area contributed by atoms with Crippen LogP contribution in [-0.2, 0) is 16.2 Å². The van der Waals surface area contributed by atoms with Gasteiger partial charge in [0, 0.05) is 0 Å². The first-order valence-electron chi connectivity index (χ1n) is 4.18. The Hall–Kier alpha value is -1.28. The number of hydrogen-bond acceptors (Lipinski definition) is 3. The van der Waals surface area contributed by atoms with Crippen LogP contribution < -0.4 is 5.32 Å². The van der Waals surface area contributed by atoms with Crippen LogP contribution in [0.2, 0.25) is 5.02 Å². The minimum Gasteiger partial charge on any atom is -0.345 e. The lowest BCUT2D eigenvalue weighted by Gasteiger charge is -2.16. The van der Waals surface area contributed by atoms with Gasteiger partial charge < -0.3 is 5.32 Å². The molecule has 0 saturated carbocycles. The van der Waals surface area contributed by atoms with Crippen LogP contribution in [0.1, 0.15) is 5.56 Å². The smallest absolute Gasteiger partial charge is 0.345 e. The van der Waals surface area contributed by atoms with Gasteiger partial charge >= 0.3 is 6.18 Å². The van der Waals surface area contributed by atoms with Gasteiger partial charge in [-0.2, -0.15) is 21.6 Å². The third kappa shape index (κ3) is 2.09. The van der Waals surface area contributed by atoms with Gasteiger partial charge in [-0.15, -0.1) is 4.40 Å². The summed E-state index contributed by atoms with van der Waals surface area (Å²) in [5, 5.41) is 1.65. The first-order chi connectivity index (χ1) is 7.72. The quantitative estimate of drug-likeness (QED) is 0.796. The van der Waals surface area contributed by atoms with Gasteiger partial charge in [0.1, 0.15) is 11.2 Å². The Kier molecular flexibility index (Phi) is 2.58. The second-order valence-electron chi connectivity index (χ2n) is 3.18.